The van der Waals surface area contributed by atoms with E-state index in [2.05, 4.69) is 29.4 Å². The van der Waals surface area contributed by atoms with Crippen molar-refractivity contribution in [1.82, 2.24) is 10.3 Å². The highest BCUT2D eigenvalue weighted by atomic mass is 32.1. The van der Waals surface area contributed by atoms with Gasteiger partial charge in [0.15, 0.2) is 5.13 Å². The van der Waals surface area contributed by atoms with E-state index in [-0.39, 0.29) is 0 Å². The number of anilines is 1. The maximum Gasteiger partial charge on any atom is 0.185 e. The van der Waals surface area contributed by atoms with Crippen molar-refractivity contribution < 1.29 is 0 Å². The second-order valence-corrected chi connectivity index (χ2v) is 5.58. The molecule has 17 heavy (non-hydrogen) atoms. The zero-order chi connectivity index (χ0) is 12.1. The Labute approximate surface area is 108 Å². The molecule has 1 saturated heterocycles. The highest BCUT2D eigenvalue weighted by molar-refractivity contribution is 7.13. The molecular formula is C13H23N3S. The number of hydrogen-bond acceptors (Lipinski definition) is 4. The molecule has 4 heteroatoms. The van der Waals surface area contributed by atoms with Crippen LogP contribution in [0.2, 0.25) is 0 Å². The van der Waals surface area contributed by atoms with Crippen LogP contribution >= 0.6 is 11.3 Å². The molecule has 1 aliphatic heterocycles. The van der Waals surface area contributed by atoms with Crippen LogP contribution in [0.3, 0.4) is 0 Å². The van der Waals surface area contributed by atoms with Crippen molar-refractivity contribution in [2.45, 2.75) is 39.7 Å². The molecule has 0 spiro atoms. The van der Waals surface area contributed by atoms with Gasteiger partial charge in [0.25, 0.3) is 0 Å². The zero-order valence-corrected chi connectivity index (χ0v) is 11.7. The van der Waals surface area contributed by atoms with Gasteiger partial charge in [-0.05, 0) is 25.3 Å². The Balaban J connectivity index is 1.87. The van der Waals surface area contributed by atoms with E-state index in [9.17, 15) is 0 Å². The number of thiazole rings is 1. The lowest BCUT2D eigenvalue weighted by molar-refractivity contribution is 0.395. The van der Waals surface area contributed by atoms with Crippen molar-refractivity contribution in [3.8, 4) is 0 Å². The summed E-state index contributed by atoms with van der Waals surface area (Å²) in [7, 11) is 0. The predicted octanol–water partition coefficient (Wildman–Crippen LogP) is 2.88. The number of aromatic nitrogens is 1. The van der Waals surface area contributed by atoms with Gasteiger partial charge in [-0.15, -0.1) is 11.3 Å². The first-order valence-electron chi connectivity index (χ1n) is 6.73. The Morgan fingerprint density at radius 2 is 2.18 bits per heavy atom. The van der Waals surface area contributed by atoms with Gasteiger partial charge in [0.2, 0.25) is 0 Å². The van der Waals surface area contributed by atoms with Gasteiger partial charge in [-0.3, -0.25) is 0 Å². The van der Waals surface area contributed by atoms with Crippen LogP contribution in [0.5, 0.6) is 0 Å². The number of piperidine rings is 1. The van der Waals surface area contributed by atoms with Crippen LogP contribution in [0.25, 0.3) is 0 Å². The molecule has 0 atom stereocenters. The van der Waals surface area contributed by atoms with Crippen LogP contribution in [0, 0.1) is 5.92 Å². The lowest BCUT2D eigenvalue weighted by Crippen LogP contribution is -2.33. The summed E-state index contributed by atoms with van der Waals surface area (Å²) in [6.07, 6.45) is 3.99. The summed E-state index contributed by atoms with van der Waals surface area (Å²) in [4.78, 5) is 7.15. The molecule has 2 rings (SSSR count). The number of nitrogens with zero attached hydrogens (tertiary/aromatic N) is 2. The maximum atomic E-state index is 4.70. The van der Waals surface area contributed by atoms with Crippen molar-refractivity contribution in [2.24, 2.45) is 5.92 Å². The lowest BCUT2D eigenvalue weighted by Gasteiger charge is -2.31. The lowest BCUT2D eigenvalue weighted by atomic mass is 9.95. The van der Waals surface area contributed by atoms with Crippen molar-refractivity contribution in [1.29, 1.82) is 0 Å². The second-order valence-electron chi connectivity index (χ2n) is 4.74. The third-order valence-corrected chi connectivity index (χ3v) is 4.51. The minimum atomic E-state index is 0.901. The topological polar surface area (TPSA) is 28.2 Å². The first-order valence-corrected chi connectivity index (χ1v) is 7.61. The number of nitrogens with one attached hydrogen (secondary N) is 1. The first-order chi connectivity index (χ1) is 8.33. The third kappa shape index (κ3) is 3.42. The van der Waals surface area contributed by atoms with Gasteiger partial charge in [0.05, 0.1) is 5.69 Å². The monoisotopic (exact) mass is 253 g/mol. The molecule has 1 aliphatic rings. The summed E-state index contributed by atoms with van der Waals surface area (Å²) in [5, 5.41) is 6.72. The number of hydrogen-bond donors (Lipinski definition) is 1. The van der Waals surface area contributed by atoms with E-state index in [1.54, 1.807) is 11.3 Å². The summed E-state index contributed by atoms with van der Waals surface area (Å²) in [6, 6.07) is 0. The van der Waals surface area contributed by atoms with Gasteiger partial charge < -0.3 is 10.2 Å². The number of rotatable bonds is 5. The molecule has 0 aliphatic carbocycles. The largest absolute Gasteiger partial charge is 0.348 e. The minimum absolute atomic E-state index is 0.901. The van der Waals surface area contributed by atoms with Crippen LogP contribution in [-0.4, -0.2) is 24.6 Å². The molecule has 0 amide bonds. The van der Waals surface area contributed by atoms with E-state index < -0.39 is 0 Å². The van der Waals surface area contributed by atoms with Crippen LogP contribution in [0.1, 0.15) is 38.8 Å². The molecule has 0 bridgehead atoms. The molecule has 96 valence electrons. The minimum Gasteiger partial charge on any atom is -0.348 e. The van der Waals surface area contributed by atoms with E-state index >= 15 is 0 Å². The first kappa shape index (κ1) is 12.8. The van der Waals surface area contributed by atoms with E-state index in [0.717, 1.165) is 19.0 Å². The van der Waals surface area contributed by atoms with Crippen molar-refractivity contribution in [3.05, 3.63) is 11.1 Å². The standard InChI is InChI=1S/C13H23N3S/c1-3-11-5-7-16(8-6-11)13-15-12(10-17-13)9-14-4-2/h10-11,14H,3-9H2,1-2H3. The molecule has 0 saturated carbocycles. The van der Waals surface area contributed by atoms with Gasteiger partial charge >= 0.3 is 0 Å². The SMILES string of the molecule is CCNCc1csc(N2CCC(CC)CC2)n1. The highest BCUT2D eigenvalue weighted by Crippen LogP contribution is 2.27. The molecule has 1 N–H and O–H groups in total. The summed E-state index contributed by atoms with van der Waals surface area (Å²) >= 11 is 1.79. The van der Waals surface area contributed by atoms with Crippen molar-refractivity contribution >= 4 is 16.5 Å². The Kier molecular flexibility index (Phi) is 4.80. The fourth-order valence-corrected chi connectivity index (χ4v) is 3.19. The van der Waals surface area contributed by atoms with E-state index in [4.69, 9.17) is 4.98 Å². The Morgan fingerprint density at radius 3 is 2.82 bits per heavy atom. The van der Waals surface area contributed by atoms with E-state index in [1.807, 2.05) is 0 Å². The molecule has 0 unspecified atom stereocenters. The summed E-state index contributed by atoms with van der Waals surface area (Å²) < 4.78 is 0. The highest BCUT2D eigenvalue weighted by Gasteiger charge is 2.19. The molecule has 0 aromatic carbocycles. The molecular weight excluding hydrogens is 230 g/mol. The Bertz CT molecular complexity index is 329. The summed E-state index contributed by atoms with van der Waals surface area (Å²) in [6.45, 7) is 8.72. The van der Waals surface area contributed by atoms with Crippen LogP contribution in [0.4, 0.5) is 5.13 Å². The second kappa shape index (κ2) is 6.36. The van der Waals surface area contributed by atoms with Crippen LogP contribution in [-0.2, 0) is 6.54 Å². The Morgan fingerprint density at radius 1 is 1.41 bits per heavy atom. The molecule has 1 aromatic rings. The Hall–Kier alpha value is -0.610. The molecule has 1 aromatic heterocycles. The average molecular weight is 253 g/mol. The molecule has 2 heterocycles. The van der Waals surface area contributed by atoms with Gasteiger partial charge in [-0.1, -0.05) is 20.3 Å². The molecule has 3 nitrogen and oxygen atoms in total. The normalized spacial score (nSPS) is 17.6. The van der Waals surface area contributed by atoms with Gasteiger partial charge in [0.1, 0.15) is 0 Å². The van der Waals surface area contributed by atoms with E-state index in [1.165, 1.54) is 43.2 Å². The van der Waals surface area contributed by atoms with E-state index in [0.29, 0.717) is 0 Å². The van der Waals surface area contributed by atoms with Crippen LogP contribution < -0.4 is 10.2 Å². The third-order valence-electron chi connectivity index (χ3n) is 3.56. The fraction of sp³-hybridized carbons (Fsp3) is 0.769. The molecule has 1 fully saturated rings. The van der Waals surface area contributed by atoms with Crippen molar-refractivity contribution in [3.63, 3.8) is 0 Å². The summed E-state index contributed by atoms with van der Waals surface area (Å²) in [5.74, 6) is 0.937. The maximum absolute atomic E-state index is 4.70. The summed E-state index contributed by atoms with van der Waals surface area (Å²) in [5.41, 5.74) is 1.18. The zero-order valence-electron chi connectivity index (χ0n) is 10.9. The molecule has 0 radical (unpaired) electrons. The average Bonchev–Trinajstić information content (AvgIpc) is 2.85. The van der Waals surface area contributed by atoms with Gasteiger partial charge in [-0.25, -0.2) is 4.98 Å². The fourth-order valence-electron chi connectivity index (χ4n) is 2.31. The smallest absolute Gasteiger partial charge is 0.185 e. The predicted molar refractivity (Wildman–Crippen MR) is 74.7 cm³/mol. The quantitative estimate of drug-likeness (QED) is 0.874. The van der Waals surface area contributed by atoms with Gasteiger partial charge in [-0.2, -0.15) is 0 Å². The van der Waals surface area contributed by atoms with Crippen molar-refractivity contribution in [2.75, 3.05) is 24.5 Å². The van der Waals surface area contributed by atoms with Crippen LogP contribution in [0.15, 0.2) is 5.38 Å². The van der Waals surface area contributed by atoms with Gasteiger partial charge in [0, 0.05) is 25.0 Å².